The second kappa shape index (κ2) is 5.26. The van der Waals surface area contributed by atoms with Crippen molar-refractivity contribution in [1.82, 2.24) is 0 Å². The van der Waals surface area contributed by atoms with Gasteiger partial charge in [0.15, 0.2) is 0 Å². The van der Waals surface area contributed by atoms with Crippen molar-refractivity contribution in [3.05, 3.63) is 22.7 Å². The topological polar surface area (TPSA) is 21.3 Å². The minimum absolute atomic E-state index is 0.399. The van der Waals surface area contributed by atoms with Gasteiger partial charge in [-0.15, -0.1) is 0 Å². The van der Waals surface area contributed by atoms with Crippen molar-refractivity contribution < 1.29 is 4.74 Å². The molecule has 0 unspecified atom stereocenters. The molecule has 3 heteroatoms. The molecular weight excluding hydrogens is 210 g/mol. The van der Waals surface area contributed by atoms with E-state index >= 15 is 0 Å². The zero-order valence-electron chi connectivity index (χ0n) is 9.73. The molecule has 0 spiro atoms. The molecule has 0 aliphatic heterocycles. The summed E-state index contributed by atoms with van der Waals surface area (Å²) >= 11 is 6.06. The maximum Gasteiger partial charge on any atom is 0.145 e. The van der Waals surface area contributed by atoms with Crippen LogP contribution in [0.2, 0.25) is 5.02 Å². The van der Waals surface area contributed by atoms with Gasteiger partial charge in [-0.2, -0.15) is 0 Å². The molecule has 0 atom stereocenters. The Hall–Kier alpha value is -0.890. The van der Waals surface area contributed by atoms with Crippen LogP contribution in [0.1, 0.15) is 32.3 Å². The van der Waals surface area contributed by atoms with Crippen LogP contribution in [0.15, 0.2) is 12.1 Å². The molecule has 0 fully saturated rings. The van der Waals surface area contributed by atoms with E-state index in [2.05, 4.69) is 26.1 Å². The van der Waals surface area contributed by atoms with E-state index in [1.807, 2.05) is 12.1 Å². The molecule has 1 rings (SSSR count). The number of rotatable bonds is 4. The standard InChI is InChI=1S/C12H18ClNO/c1-5-14-11-7-9(13)6-10(8(2)3)12(11)15-4/h6-8,14H,5H2,1-4H3. The van der Waals surface area contributed by atoms with Gasteiger partial charge in [-0.05, 0) is 25.0 Å². The van der Waals surface area contributed by atoms with Gasteiger partial charge < -0.3 is 10.1 Å². The molecule has 0 saturated carbocycles. The molecule has 0 radical (unpaired) electrons. The van der Waals surface area contributed by atoms with Crippen molar-refractivity contribution in [2.75, 3.05) is 19.0 Å². The SMILES string of the molecule is CCNc1cc(Cl)cc(C(C)C)c1OC. The molecule has 0 aromatic heterocycles. The van der Waals surface area contributed by atoms with Crippen LogP contribution < -0.4 is 10.1 Å². The second-order valence-corrected chi connectivity index (χ2v) is 4.20. The minimum Gasteiger partial charge on any atom is -0.494 e. The summed E-state index contributed by atoms with van der Waals surface area (Å²) in [6.45, 7) is 7.16. The monoisotopic (exact) mass is 227 g/mol. The van der Waals surface area contributed by atoms with Crippen LogP contribution in [0.3, 0.4) is 0 Å². The molecule has 0 amide bonds. The second-order valence-electron chi connectivity index (χ2n) is 3.76. The van der Waals surface area contributed by atoms with Gasteiger partial charge in [0.2, 0.25) is 0 Å². The Morgan fingerprint density at radius 1 is 1.40 bits per heavy atom. The van der Waals surface area contributed by atoms with E-state index in [0.717, 1.165) is 28.6 Å². The third-order valence-electron chi connectivity index (χ3n) is 2.28. The largest absolute Gasteiger partial charge is 0.494 e. The number of benzene rings is 1. The Kier molecular flexibility index (Phi) is 4.28. The summed E-state index contributed by atoms with van der Waals surface area (Å²) in [5.74, 6) is 1.30. The zero-order valence-corrected chi connectivity index (χ0v) is 10.5. The van der Waals surface area contributed by atoms with Gasteiger partial charge in [-0.3, -0.25) is 0 Å². The van der Waals surface area contributed by atoms with Crippen molar-refractivity contribution in [2.24, 2.45) is 0 Å². The molecule has 0 heterocycles. The van der Waals surface area contributed by atoms with E-state index in [9.17, 15) is 0 Å². The van der Waals surface area contributed by atoms with Crippen LogP contribution in [0.25, 0.3) is 0 Å². The normalized spacial score (nSPS) is 10.5. The molecule has 0 saturated heterocycles. The summed E-state index contributed by atoms with van der Waals surface area (Å²) in [4.78, 5) is 0. The maximum absolute atomic E-state index is 6.06. The Labute approximate surface area is 96.6 Å². The predicted molar refractivity (Wildman–Crippen MR) is 66.3 cm³/mol. The number of nitrogens with one attached hydrogen (secondary N) is 1. The van der Waals surface area contributed by atoms with E-state index in [1.165, 1.54) is 0 Å². The van der Waals surface area contributed by atoms with Crippen molar-refractivity contribution in [3.63, 3.8) is 0 Å². The van der Waals surface area contributed by atoms with E-state index in [-0.39, 0.29) is 0 Å². The Morgan fingerprint density at radius 3 is 2.53 bits per heavy atom. The van der Waals surface area contributed by atoms with Crippen molar-refractivity contribution in [1.29, 1.82) is 0 Å². The molecule has 1 N–H and O–H groups in total. The first-order valence-electron chi connectivity index (χ1n) is 5.21. The van der Waals surface area contributed by atoms with E-state index < -0.39 is 0 Å². The fourth-order valence-electron chi connectivity index (χ4n) is 1.59. The van der Waals surface area contributed by atoms with Gasteiger partial charge in [0, 0.05) is 17.1 Å². The highest BCUT2D eigenvalue weighted by Gasteiger charge is 2.13. The van der Waals surface area contributed by atoms with Gasteiger partial charge in [-0.1, -0.05) is 25.4 Å². The number of ether oxygens (including phenoxy) is 1. The molecular formula is C12H18ClNO. The van der Waals surface area contributed by atoms with Gasteiger partial charge in [0.1, 0.15) is 5.75 Å². The van der Waals surface area contributed by atoms with Crippen LogP contribution in [0, 0.1) is 0 Å². The smallest absolute Gasteiger partial charge is 0.145 e. The highest BCUT2D eigenvalue weighted by Crippen LogP contribution is 2.36. The summed E-state index contributed by atoms with van der Waals surface area (Å²) in [6, 6.07) is 3.86. The molecule has 84 valence electrons. The molecule has 1 aromatic carbocycles. The summed E-state index contributed by atoms with van der Waals surface area (Å²) < 4.78 is 5.42. The van der Waals surface area contributed by atoms with Gasteiger partial charge in [-0.25, -0.2) is 0 Å². The zero-order chi connectivity index (χ0) is 11.4. The average molecular weight is 228 g/mol. The fourth-order valence-corrected chi connectivity index (χ4v) is 1.82. The van der Waals surface area contributed by atoms with E-state index in [0.29, 0.717) is 5.92 Å². The lowest BCUT2D eigenvalue weighted by molar-refractivity contribution is 0.409. The number of halogens is 1. The van der Waals surface area contributed by atoms with Crippen LogP contribution >= 0.6 is 11.6 Å². The molecule has 0 bridgehead atoms. The Balaban J connectivity index is 3.25. The van der Waals surface area contributed by atoms with Crippen LogP contribution in [0.5, 0.6) is 5.75 Å². The molecule has 1 aromatic rings. The molecule has 0 aliphatic carbocycles. The first kappa shape index (κ1) is 12.2. The Bertz CT molecular complexity index is 337. The minimum atomic E-state index is 0.399. The van der Waals surface area contributed by atoms with E-state index in [4.69, 9.17) is 16.3 Å². The van der Waals surface area contributed by atoms with Gasteiger partial charge in [0.25, 0.3) is 0 Å². The average Bonchev–Trinajstić information content (AvgIpc) is 2.17. The summed E-state index contributed by atoms with van der Waals surface area (Å²) in [7, 11) is 1.69. The van der Waals surface area contributed by atoms with Gasteiger partial charge in [0.05, 0.1) is 12.8 Å². The summed E-state index contributed by atoms with van der Waals surface area (Å²) in [6.07, 6.45) is 0. The maximum atomic E-state index is 6.06. The van der Waals surface area contributed by atoms with Crippen LogP contribution in [0.4, 0.5) is 5.69 Å². The van der Waals surface area contributed by atoms with E-state index in [1.54, 1.807) is 7.11 Å². The molecule has 2 nitrogen and oxygen atoms in total. The number of hydrogen-bond acceptors (Lipinski definition) is 2. The molecule has 15 heavy (non-hydrogen) atoms. The van der Waals surface area contributed by atoms with Crippen molar-refractivity contribution >= 4 is 17.3 Å². The first-order valence-corrected chi connectivity index (χ1v) is 5.59. The van der Waals surface area contributed by atoms with Crippen LogP contribution in [-0.4, -0.2) is 13.7 Å². The third kappa shape index (κ3) is 2.78. The summed E-state index contributed by atoms with van der Waals surface area (Å²) in [5, 5.41) is 4.00. The predicted octanol–water partition coefficient (Wildman–Crippen LogP) is 3.90. The lowest BCUT2D eigenvalue weighted by Crippen LogP contribution is -2.03. The molecule has 0 aliphatic rings. The third-order valence-corrected chi connectivity index (χ3v) is 2.49. The highest BCUT2D eigenvalue weighted by molar-refractivity contribution is 6.31. The van der Waals surface area contributed by atoms with Crippen molar-refractivity contribution in [2.45, 2.75) is 26.7 Å². The quantitative estimate of drug-likeness (QED) is 0.842. The summed E-state index contributed by atoms with van der Waals surface area (Å²) in [5.41, 5.74) is 2.11. The van der Waals surface area contributed by atoms with Gasteiger partial charge >= 0.3 is 0 Å². The lowest BCUT2D eigenvalue weighted by Gasteiger charge is -2.17. The number of methoxy groups -OCH3 is 1. The first-order chi connectivity index (χ1) is 7.10. The number of anilines is 1. The lowest BCUT2D eigenvalue weighted by atomic mass is 10.0. The number of hydrogen-bond donors (Lipinski definition) is 1. The van der Waals surface area contributed by atoms with Crippen molar-refractivity contribution in [3.8, 4) is 5.75 Å². The van der Waals surface area contributed by atoms with Crippen LogP contribution in [-0.2, 0) is 0 Å². The fraction of sp³-hybridized carbons (Fsp3) is 0.500. The Morgan fingerprint density at radius 2 is 2.07 bits per heavy atom. The highest BCUT2D eigenvalue weighted by atomic mass is 35.5.